The van der Waals surface area contributed by atoms with E-state index in [1.807, 2.05) is 0 Å². The Kier molecular flexibility index (Phi) is 4.11. The zero-order valence-corrected chi connectivity index (χ0v) is 10.2. The van der Waals surface area contributed by atoms with E-state index in [-0.39, 0.29) is 0 Å². The molecule has 1 fully saturated rings. The molecular weight excluding hydrogens is 220 g/mol. The minimum Gasteiger partial charge on any atom is -0.310 e. The van der Waals surface area contributed by atoms with Crippen molar-refractivity contribution in [1.29, 1.82) is 0 Å². The summed E-state index contributed by atoms with van der Waals surface area (Å²) in [6, 6.07) is 4.79. The third-order valence-electron chi connectivity index (χ3n) is 3.55. The predicted molar refractivity (Wildman–Crippen MR) is 64.6 cm³/mol. The molecule has 1 saturated carbocycles. The molecule has 0 aromatic heterocycles. The van der Waals surface area contributed by atoms with Gasteiger partial charge in [0.25, 0.3) is 0 Å². The van der Waals surface area contributed by atoms with Gasteiger partial charge < -0.3 is 5.32 Å². The molecule has 1 aromatic carbocycles. The largest absolute Gasteiger partial charge is 0.310 e. The molecular formula is C14H19F2N. The molecule has 0 heterocycles. The Balaban J connectivity index is 1.91. The highest BCUT2D eigenvalue weighted by atomic mass is 19.2. The van der Waals surface area contributed by atoms with Gasteiger partial charge in [0.1, 0.15) is 0 Å². The molecule has 0 saturated heterocycles. The van der Waals surface area contributed by atoms with Crippen molar-refractivity contribution in [3.8, 4) is 0 Å². The summed E-state index contributed by atoms with van der Waals surface area (Å²) in [6.45, 7) is 2.66. The number of hydrogen-bond donors (Lipinski definition) is 1. The fourth-order valence-electron chi connectivity index (χ4n) is 2.56. The highest BCUT2D eigenvalue weighted by Crippen LogP contribution is 2.24. The summed E-state index contributed by atoms with van der Waals surface area (Å²) in [5, 5.41) is 3.33. The van der Waals surface area contributed by atoms with Gasteiger partial charge in [-0.1, -0.05) is 31.9 Å². The standard InChI is InChI=1S/C14H19F2N/c1-10-4-2-6-12(8-10)17-9-11-5-3-7-13(15)14(11)16/h3,5,7,10,12,17H,2,4,6,8-9H2,1H3. The van der Waals surface area contributed by atoms with Gasteiger partial charge in [-0.2, -0.15) is 0 Å². The van der Waals surface area contributed by atoms with Crippen molar-refractivity contribution in [1.82, 2.24) is 5.32 Å². The van der Waals surface area contributed by atoms with Crippen LogP contribution in [0.5, 0.6) is 0 Å². The van der Waals surface area contributed by atoms with Gasteiger partial charge in [0.2, 0.25) is 0 Å². The van der Waals surface area contributed by atoms with E-state index in [0.717, 1.165) is 24.8 Å². The maximum atomic E-state index is 13.4. The van der Waals surface area contributed by atoms with Gasteiger partial charge in [0.05, 0.1) is 0 Å². The maximum Gasteiger partial charge on any atom is 0.163 e. The van der Waals surface area contributed by atoms with E-state index in [2.05, 4.69) is 12.2 Å². The Labute approximate surface area is 101 Å². The molecule has 2 unspecified atom stereocenters. The van der Waals surface area contributed by atoms with Crippen molar-refractivity contribution in [3.63, 3.8) is 0 Å². The second kappa shape index (κ2) is 5.58. The molecule has 3 heteroatoms. The lowest BCUT2D eigenvalue weighted by Gasteiger charge is -2.27. The van der Waals surface area contributed by atoms with Crippen molar-refractivity contribution in [2.24, 2.45) is 5.92 Å². The fraction of sp³-hybridized carbons (Fsp3) is 0.571. The van der Waals surface area contributed by atoms with Gasteiger partial charge in [0.15, 0.2) is 11.6 Å². The summed E-state index contributed by atoms with van der Waals surface area (Å²) in [5.41, 5.74) is 0.420. The van der Waals surface area contributed by atoms with Crippen molar-refractivity contribution >= 4 is 0 Å². The second-order valence-corrected chi connectivity index (χ2v) is 5.06. The average Bonchev–Trinajstić information content (AvgIpc) is 2.31. The van der Waals surface area contributed by atoms with Crippen LogP contribution in [0.2, 0.25) is 0 Å². The summed E-state index contributed by atoms with van der Waals surface area (Å²) >= 11 is 0. The lowest BCUT2D eigenvalue weighted by molar-refractivity contribution is 0.299. The van der Waals surface area contributed by atoms with Crippen LogP contribution in [0.3, 0.4) is 0 Å². The Morgan fingerprint density at radius 1 is 1.29 bits per heavy atom. The Morgan fingerprint density at radius 3 is 2.88 bits per heavy atom. The summed E-state index contributed by atoms with van der Waals surface area (Å²) in [5.74, 6) is -0.747. The first-order valence-electron chi connectivity index (χ1n) is 6.33. The zero-order valence-electron chi connectivity index (χ0n) is 10.2. The summed E-state index contributed by atoms with van der Waals surface area (Å²) < 4.78 is 26.4. The summed E-state index contributed by atoms with van der Waals surface area (Å²) in [6.07, 6.45) is 4.79. The van der Waals surface area contributed by atoms with E-state index in [9.17, 15) is 8.78 Å². The van der Waals surface area contributed by atoms with Crippen LogP contribution in [0.1, 0.15) is 38.2 Å². The number of nitrogens with one attached hydrogen (secondary N) is 1. The number of halogens is 2. The first-order chi connectivity index (χ1) is 8.16. The van der Waals surface area contributed by atoms with E-state index < -0.39 is 11.6 Å². The van der Waals surface area contributed by atoms with E-state index in [4.69, 9.17) is 0 Å². The van der Waals surface area contributed by atoms with Crippen LogP contribution >= 0.6 is 0 Å². The van der Waals surface area contributed by atoms with Gasteiger partial charge in [0, 0.05) is 18.2 Å². The molecule has 2 rings (SSSR count). The number of hydrogen-bond acceptors (Lipinski definition) is 1. The topological polar surface area (TPSA) is 12.0 Å². The van der Waals surface area contributed by atoms with E-state index >= 15 is 0 Å². The molecule has 1 N–H and O–H groups in total. The molecule has 0 spiro atoms. The first-order valence-corrected chi connectivity index (χ1v) is 6.33. The van der Waals surface area contributed by atoms with Crippen LogP contribution < -0.4 is 5.32 Å². The molecule has 0 aliphatic heterocycles. The smallest absolute Gasteiger partial charge is 0.163 e. The summed E-state index contributed by atoms with van der Waals surface area (Å²) in [7, 11) is 0. The Hall–Kier alpha value is -0.960. The van der Waals surface area contributed by atoms with Gasteiger partial charge in [-0.25, -0.2) is 8.78 Å². The van der Waals surface area contributed by atoms with Crippen LogP contribution in [0.25, 0.3) is 0 Å². The predicted octanol–water partition coefficient (Wildman–Crippen LogP) is 3.63. The SMILES string of the molecule is CC1CCCC(NCc2cccc(F)c2F)C1. The van der Waals surface area contributed by atoms with Crippen molar-refractivity contribution in [2.45, 2.75) is 45.2 Å². The highest BCUT2D eigenvalue weighted by molar-refractivity contribution is 5.18. The van der Waals surface area contributed by atoms with Gasteiger partial charge in [-0.15, -0.1) is 0 Å². The maximum absolute atomic E-state index is 13.4. The van der Waals surface area contributed by atoms with Crippen LogP contribution in [-0.2, 0) is 6.54 Å². The quantitative estimate of drug-likeness (QED) is 0.849. The lowest BCUT2D eigenvalue weighted by Crippen LogP contribution is -2.33. The van der Waals surface area contributed by atoms with Crippen LogP contribution in [0.15, 0.2) is 18.2 Å². The van der Waals surface area contributed by atoms with E-state index in [1.54, 1.807) is 12.1 Å². The van der Waals surface area contributed by atoms with Gasteiger partial charge >= 0.3 is 0 Å². The molecule has 1 aliphatic carbocycles. The average molecular weight is 239 g/mol. The minimum absolute atomic E-state index is 0.418. The Morgan fingerprint density at radius 2 is 2.12 bits per heavy atom. The van der Waals surface area contributed by atoms with Crippen molar-refractivity contribution in [3.05, 3.63) is 35.4 Å². The van der Waals surface area contributed by atoms with Crippen molar-refractivity contribution in [2.75, 3.05) is 0 Å². The summed E-state index contributed by atoms with van der Waals surface area (Å²) in [4.78, 5) is 0. The molecule has 1 aromatic rings. The van der Waals surface area contributed by atoms with Gasteiger partial charge in [-0.05, 0) is 24.8 Å². The van der Waals surface area contributed by atoms with Crippen molar-refractivity contribution < 1.29 is 8.78 Å². The number of rotatable bonds is 3. The molecule has 94 valence electrons. The van der Waals surface area contributed by atoms with Crippen LogP contribution in [0, 0.1) is 17.6 Å². The van der Waals surface area contributed by atoms with Crippen LogP contribution in [0.4, 0.5) is 8.78 Å². The molecule has 0 bridgehead atoms. The number of benzene rings is 1. The molecule has 0 radical (unpaired) electrons. The molecule has 17 heavy (non-hydrogen) atoms. The third kappa shape index (κ3) is 3.25. The van der Waals surface area contributed by atoms with E-state index in [1.165, 1.54) is 12.8 Å². The van der Waals surface area contributed by atoms with Crippen LogP contribution in [-0.4, -0.2) is 6.04 Å². The second-order valence-electron chi connectivity index (χ2n) is 5.06. The molecule has 1 aliphatic rings. The monoisotopic (exact) mass is 239 g/mol. The third-order valence-corrected chi connectivity index (χ3v) is 3.55. The first kappa shape index (κ1) is 12.5. The lowest BCUT2D eigenvalue weighted by atomic mass is 9.87. The Bertz CT molecular complexity index is 378. The fourth-order valence-corrected chi connectivity index (χ4v) is 2.56. The minimum atomic E-state index is -0.763. The molecule has 0 amide bonds. The van der Waals surface area contributed by atoms with Gasteiger partial charge in [-0.3, -0.25) is 0 Å². The molecule has 1 nitrogen and oxygen atoms in total. The highest BCUT2D eigenvalue weighted by Gasteiger charge is 2.18. The molecule has 2 atom stereocenters. The zero-order chi connectivity index (χ0) is 12.3. The van der Waals surface area contributed by atoms with E-state index in [0.29, 0.717) is 18.2 Å². The normalized spacial score (nSPS) is 24.9.